The van der Waals surface area contributed by atoms with Crippen LogP contribution in [0.25, 0.3) is 6.08 Å². The van der Waals surface area contributed by atoms with E-state index in [-0.39, 0.29) is 11.8 Å². The number of hydrogen-bond donors (Lipinski definition) is 1. The molecule has 1 aromatic heterocycles. The van der Waals surface area contributed by atoms with Crippen LogP contribution < -0.4 is 24.3 Å². The van der Waals surface area contributed by atoms with E-state index < -0.39 is 0 Å². The van der Waals surface area contributed by atoms with Crippen LogP contribution in [0.5, 0.6) is 23.1 Å². The zero-order valence-corrected chi connectivity index (χ0v) is 20.9. The lowest BCUT2D eigenvalue weighted by Gasteiger charge is -2.34. The van der Waals surface area contributed by atoms with Crippen LogP contribution in [0.4, 0.5) is 0 Å². The number of ether oxygens (including phenoxy) is 4. The van der Waals surface area contributed by atoms with Gasteiger partial charge in [0.2, 0.25) is 17.5 Å². The average molecular weight is 488 g/mol. The van der Waals surface area contributed by atoms with Crippen molar-refractivity contribution in [2.75, 3.05) is 67.7 Å². The second-order valence-electron chi connectivity index (χ2n) is 7.94. The molecule has 1 saturated heterocycles. The molecule has 1 N–H and O–H groups in total. The Kier molecular flexibility index (Phi) is 8.96. The molecule has 1 aliphatic heterocycles. The quantitative estimate of drug-likeness (QED) is 0.496. The first-order chi connectivity index (χ1) is 16.9. The number of hydrogen-bond acceptors (Lipinski definition) is 8. The summed E-state index contributed by atoms with van der Waals surface area (Å²) in [5.74, 6) is 1.59. The van der Waals surface area contributed by atoms with E-state index in [0.717, 1.165) is 18.7 Å². The molecular formula is C24H33N5O6. The third-order valence-corrected chi connectivity index (χ3v) is 5.72. The molecule has 0 bridgehead atoms. The molecule has 1 aromatic carbocycles. The van der Waals surface area contributed by atoms with Crippen molar-refractivity contribution < 1.29 is 28.5 Å². The number of amides is 2. The second-order valence-corrected chi connectivity index (χ2v) is 7.94. The van der Waals surface area contributed by atoms with Gasteiger partial charge in [0.25, 0.3) is 5.91 Å². The molecule has 0 atom stereocenters. The van der Waals surface area contributed by atoms with E-state index in [9.17, 15) is 9.59 Å². The molecule has 0 aliphatic carbocycles. The maximum atomic E-state index is 12.8. The molecule has 2 heterocycles. The molecule has 1 fully saturated rings. The summed E-state index contributed by atoms with van der Waals surface area (Å²) in [6.07, 6.45) is 4.84. The maximum absolute atomic E-state index is 12.8. The summed E-state index contributed by atoms with van der Waals surface area (Å²) >= 11 is 0. The van der Waals surface area contributed by atoms with E-state index in [1.807, 2.05) is 0 Å². The lowest BCUT2D eigenvalue weighted by atomic mass is 10.1. The Morgan fingerprint density at radius 3 is 2.23 bits per heavy atom. The molecule has 2 aromatic rings. The van der Waals surface area contributed by atoms with Crippen LogP contribution in [0, 0.1) is 0 Å². The molecule has 0 radical (unpaired) electrons. The Balaban J connectivity index is 1.45. The van der Waals surface area contributed by atoms with Crippen molar-refractivity contribution in [1.82, 2.24) is 24.9 Å². The van der Waals surface area contributed by atoms with Crippen molar-refractivity contribution in [2.45, 2.75) is 0 Å². The highest BCUT2D eigenvalue weighted by atomic mass is 16.5. The van der Waals surface area contributed by atoms with E-state index in [1.54, 1.807) is 62.4 Å². The SMILES string of the molecule is COc1cc(/C=C/C(=O)NCCN2CCN(C(=O)c3cn(C)nc3OC)CC2)cc(OC)c1OC. The number of piperazine rings is 1. The van der Waals surface area contributed by atoms with Crippen LogP contribution >= 0.6 is 0 Å². The molecule has 35 heavy (non-hydrogen) atoms. The van der Waals surface area contributed by atoms with Crippen LogP contribution in [-0.4, -0.2) is 99.1 Å². The number of rotatable bonds is 10. The summed E-state index contributed by atoms with van der Waals surface area (Å²) in [7, 11) is 7.89. The predicted octanol–water partition coefficient (Wildman–Crippen LogP) is 1.04. The molecule has 0 spiro atoms. The summed E-state index contributed by atoms with van der Waals surface area (Å²) in [5, 5.41) is 7.04. The maximum Gasteiger partial charge on any atom is 0.261 e. The Labute approximate surface area is 205 Å². The molecule has 11 heteroatoms. The van der Waals surface area contributed by atoms with Gasteiger partial charge in [0.15, 0.2) is 11.5 Å². The minimum atomic E-state index is -0.198. The van der Waals surface area contributed by atoms with Gasteiger partial charge in [0, 0.05) is 58.6 Å². The van der Waals surface area contributed by atoms with Gasteiger partial charge in [-0.15, -0.1) is 5.10 Å². The summed E-state index contributed by atoms with van der Waals surface area (Å²) in [6, 6.07) is 3.54. The fraction of sp³-hybridized carbons (Fsp3) is 0.458. The summed E-state index contributed by atoms with van der Waals surface area (Å²) < 4.78 is 22.8. The van der Waals surface area contributed by atoms with Crippen molar-refractivity contribution >= 4 is 17.9 Å². The molecule has 2 amide bonds. The topological polar surface area (TPSA) is 107 Å². The first-order valence-corrected chi connectivity index (χ1v) is 11.2. The average Bonchev–Trinajstić information content (AvgIpc) is 3.27. The van der Waals surface area contributed by atoms with Crippen LogP contribution in [0.15, 0.2) is 24.4 Å². The fourth-order valence-electron chi connectivity index (χ4n) is 3.88. The molecule has 1 aliphatic rings. The van der Waals surface area contributed by atoms with Crippen LogP contribution in [0.3, 0.4) is 0 Å². The first kappa shape index (κ1) is 25.9. The number of carbonyl (C=O) groups is 2. The Morgan fingerprint density at radius 1 is 1.00 bits per heavy atom. The lowest BCUT2D eigenvalue weighted by molar-refractivity contribution is -0.116. The van der Waals surface area contributed by atoms with Crippen LogP contribution in [0.1, 0.15) is 15.9 Å². The number of benzene rings is 1. The predicted molar refractivity (Wildman–Crippen MR) is 130 cm³/mol. The van der Waals surface area contributed by atoms with Crippen LogP contribution in [-0.2, 0) is 11.8 Å². The van der Waals surface area contributed by atoms with Crippen LogP contribution in [0.2, 0.25) is 0 Å². The fourth-order valence-corrected chi connectivity index (χ4v) is 3.88. The Morgan fingerprint density at radius 2 is 1.66 bits per heavy atom. The van der Waals surface area contributed by atoms with Crippen molar-refractivity contribution in [3.05, 3.63) is 35.5 Å². The number of methoxy groups -OCH3 is 4. The lowest BCUT2D eigenvalue weighted by Crippen LogP contribution is -2.50. The minimum Gasteiger partial charge on any atom is -0.493 e. The van der Waals surface area contributed by atoms with Crippen molar-refractivity contribution in [3.8, 4) is 23.1 Å². The van der Waals surface area contributed by atoms with E-state index in [4.69, 9.17) is 18.9 Å². The van der Waals surface area contributed by atoms with E-state index in [0.29, 0.717) is 54.9 Å². The van der Waals surface area contributed by atoms with E-state index in [1.165, 1.54) is 13.2 Å². The molecule has 3 rings (SSSR count). The molecule has 11 nitrogen and oxygen atoms in total. The van der Waals surface area contributed by atoms with Gasteiger partial charge in [-0.1, -0.05) is 0 Å². The van der Waals surface area contributed by atoms with Gasteiger partial charge < -0.3 is 29.2 Å². The normalized spacial score (nSPS) is 14.1. The Hall–Kier alpha value is -3.73. The number of nitrogens with zero attached hydrogens (tertiary/aromatic N) is 4. The third kappa shape index (κ3) is 6.44. The van der Waals surface area contributed by atoms with Gasteiger partial charge in [0.05, 0.1) is 28.4 Å². The largest absolute Gasteiger partial charge is 0.493 e. The second kappa shape index (κ2) is 12.1. The zero-order chi connectivity index (χ0) is 25.4. The molecule has 0 saturated carbocycles. The zero-order valence-electron chi connectivity index (χ0n) is 20.9. The smallest absolute Gasteiger partial charge is 0.261 e. The monoisotopic (exact) mass is 487 g/mol. The van der Waals surface area contributed by atoms with Gasteiger partial charge in [0.1, 0.15) is 5.56 Å². The van der Waals surface area contributed by atoms with Crippen molar-refractivity contribution in [1.29, 1.82) is 0 Å². The molecular weight excluding hydrogens is 454 g/mol. The van der Waals surface area contributed by atoms with Crippen molar-refractivity contribution in [3.63, 3.8) is 0 Å². The Bertz CT molecular complexity index is 1030. The third-order valence-electron chi connectivity index (χ3n) is 5.72. The van der Waals surface area contributed by atoms with Gasteiger partial charge in [-0.25, -0.2) is 0 Å². The summed E-state index contributed by atoms with van der Waals surface area (Å²) in [5.41, 5.74) is 1.22. The highest BCUT2D eigenvalue weighted by Gasteiger charge is 2.26. The highest BCUT2D eigenvalue weighted by molar-refractivity contribution is 5.96. The van der Waals surface area contributed by atoms with Crippen molar-refractivity contribution in [2.24, 2.45) is 7.05 Å². The summed E-state index contributed by atoms with van der Waals surface area (Å²) in [4.78, 5) is 29.1. The number of carbonyl (C=O) groups excluding carboxylic acids is 2. The van der Waals surface area contributed by atoms with E-state index >= 15 is 0 Å². The first-order valence-electron chi connectivity index (χ1n) is 11.2. The highest BCUT2D eigenvalue weighted by Crippen LogP contribution is 2.38. The summed E-state index contributed by atoms with van der Waals surface area (Å²) in [6.45, 7) is 3.86. The number of nitrogens with one attached hydrogen (secondary N) is 1. The molecule has 0 unspecified atom stereocenters. The minimum absolute atomic E-state index is 0.0835. The van der Waals surface area contributed by atoms with E-state index in [2.05, 4.69) is 15.3 Å². The number of aryl methyl sites for hydroxylation is 1. The number of aromatic nitrogens is 2. The molecule has 190 valence electrons. The van der Waals surface area contributed by atoms with Gasteiger partial charge in [-0.3, -0.25) is 19.2 Å². The standard InChI is InChI=1S/C24H33N5O6/c1-27-16-18(23(26-27)35-5)24(31)29-12-10-28(11-13-29)9-8-25-21(30)7-6-17-14-19(32-2)22(34-4)20(15-17)33-3/h6-7,14-16H,8-13H2,1-5H3,(H,25,30)/b7-6+. The van der Waals surface area contributed by atoms with Gasteiger partial charge in [-0.05, 0) is 23.8 Å². The van der Waals surface area contributed by atoms with Gasteiger partial charge >= 0.3 is 0 Å². The van der Waals surface area contributed by atoms with Gasteiger partial charge in [-0.2, -0.15) is 0 Å².